The number of nitriles is 1. The predicted octanol–water partition coefficient (Wildman–Crippen LogP) is 3.87. The number of hydrogen-bond acceptors (Lipinski definition) is 4. The third kappa shape index (κ3) is 5.21. The molecular weight excluding hydrogens is 424 g/mol. The monoisotopic (exact) mass is 448 g/mol. The third-order valence-electron chi connectivity index (χ3n) is 5.72. The van der Waals surface area contributed by atoms with Crippen LogP contribution in [0.1, 0.15) is 28.1 Å². The van der Waals surface area contributed by atoms with Gasteiger partial charge in [0.1, 0.15) is 11.6 Å². The number of hydrogen-bond donors (Lipinski definition) is 2. The van der Waals surface area contributed by atoms with Gasteiger partial charge in [-0.25, -0.2) is 9.78 Å². The number of aryl methyl sites for hydroxylation is 1. The van der Waals surface area contributed by atoms with E-state index in [1.54, 1.807) is 0 Å². The number of anilines is 1. The van der Waals surface area contributed by atoms with Crippen molar-refractivity contribution in [3.05, 3.63) is 81.8 Å². The van der Waals surface area contributed by atoms with E-state index in [2.05, 4.69) is 26.3 Å². The summed E-state index contributed by atoms with van der Waals surface area (Å²) in [5.74, 6) is 1.84. The van der Waals surface area contributed by atoms with Crippen molar-refractivity contribution in [2.75, 3.05) is 31.1 Å². The fourth-order valence-electron chi connectivity index (χ4n) is 3.76. The van der Waals surface area contributed by atoms with Gasteiger partial charge in [-0.3, -0.25) is 0 Å². The zero-order valence-electron chi connectivity index (χ0n) is 17.9. The Hall–Kier alpha value is -3.50. The van der Waals surface area contributed by atoms with Crippen molar-refractivity contribution in [1.29, 1.82) is 5.26 Å². The number of rotatable bonds is 5. The number of aromatic amines is 1. The molecule has 0 atom stereocenters. The molecule has 4 rings (SSSR count). The molecule has 7 nitrogen and oxygen atoms in total. The minimum atomic E-state index is -0.0601. The minimum absolute atomic E-state index is 0.0601. The normalized spacial score (nSPS) is 13.7. The quantitative estimate of drug-likeness (QED) is 0.620. The van der Waals surface area contributed by atoms with Crippen LogP contribution in [0.25, 0.3) is 0 Å². The lowest BCUT2D eigenvalue weighted by Gasteiger charge is -2.35. The molecule has 3 aromatic rings. The minimum Gasteiger partial charge on any atom is -0.353 e. The standard InChI is InChI=1S/C24H25ClN6O/c1-17-2-7-21(25)13-20(17)15-28-24(32)31-10-8-30(9-11-31)23-16-27-22(29-23)12-18-3-5-19(14-26)6-4-18/h2-7,13,16H,8-12,15H2,1H3,(H,27,29)(H,28,32). The van der Waals surface area contributed by atoms with Gasteiger partial charge < -0.3 is 20.1 Å². The number of halogens is 1. The first-order valence-corrected chi connectivity index (χ1v) is 11.0. The number of carbonyl (C=O) groups excluding carboxylic acids is 1. The molecule has 0 spiro atoms. The molecule has 0 bridgehead atoms. The van der Waals surface area contributed by atoms with Gasteiger partial charge >= 0.3 is 6.03 Å². The van der Waals surface area contributed by atoms with Crippen molar-refractivity contribution in [3.8, 4) is 6.07 Å². The molecule has 2 aromatic carbocycles. The Labute approximate surface area is 192 Å². The number of aromatic nitrogens is 2. The molecule has 32 heavy (non-hydrogen) atoms. The third-order valence-corrected chi connectivity index (χ3v) is 5.95. The second kappa shape index (κ2) is 9.75. The number of piperazine rings is 1. The van der Waals surface area contributed by atoms with Crippen LogP contribution in [0.15, 0.2) is 48.7 Å². The van der Waals surface area contributed by atoms with Gasteiger partial charge in [-0.2, -0.15) is 5.26 Å². The fourth-order valence-corrected chi connectivity index (χ4v) is 3.95. The number of amides is 2. The van der Waals surface area contributed by atoms with Crippen LogP contribution in [-0.2, 0) is 13.0 Å². The largest absolute Gasteiger partial charge is 0.353 e. The average molecular weight is 449 g/mol. The first-order valence-electron chi connectivity index (χ1n) is 10.6. The Bertz CT molecular complexity index is 1130. The molecule has 1 aliphatic heterocycles. The molecule has 0 radical (unpaired) electrons. The maximum atomic E-state index is 12.6. The van der Waals surface area contributed by atoms with Gasteiger partial charge in [0.05, 0.1) is 17.8 Å². The molecule has 0 saturated carbocycles. The lowest BCUT2D eigenvalue weighted by atomic mass is 10.1. The van der Waals surface area contributed by atoms with Gasteiger partial charge in [0.15, 0.2) is 0 Å². The van der Waals surface area contributed by atoms with Crippen molar-refractivity contribution in [1.82, 2.24) is 20.2 Å². The van der Waals surface area contributed by atoms with E-state index in [4.69, 9.17) is 16.9 Å². The smallest absolute Gasteiger partial charge is 0.317 e. The summed E-state index contributed by atoms with van der Waals surface area (Å²) in [6.07, 6.45) is 2.52. The van der Waals surface area contributed by atoms with Gasteiger partial charge in [0, 0.05) is 44.2 Å². The summed E-state index contributed by atoms with van der Waals surface area (Å²) in [5, 5.41) is 12.6. The van der Waals surface area contributed by atoms with Gasteiger partial charge in [-0.05, 0) is 47.9 Å². The zero-order chi connectivity index (χ0) is 22.5. The summed E-state index contributed by atoms with van der Waals surface area (Å²) >= 11 is 6.07. The highest BCUT2D eigenvalue weighted by atomic mass is 35.5. The van der Waals surface area contributed by atoms with Crippen molar-refractivity contribution in [2.24, 2.45) is 0 Å². The molecular formula is C24H25ClN6O. The van der Waals surface area contributed by atoms with Crippen LogP contribution in [0.4, 0.5) is 10.6 Å². The number of nitrogens with one attached hydrogen (secondary N) is 2. The second-order valence-electron chi connectivity index (χ2n) is 7.90. The van der Waals surface area contributed by atoms with E-state index in [9.17, 15) is 4.79 Å². The average Bonchev–Trinajstić information content (AvgIpc) is 3.28. The van der Waals surface area contributed by atoms with Crippen molar-refractivity contribution in [2.45, 2.75) is 19.9 Å². The van der Waals surface area contributed by atoms with E-state index in [-0.39, 0.29) is 6.03 Å². The van der Waals surface area contributed by atoms with E-state index in [1.807, 2.05) is 60.5 Å². The highest BCUT2D eigenvalue weighted by Crippen LogP contribution is 2.17. The topological polar surface area (TPSA) is 88.1 Å². The summed E-state index contributed by atoms with van der Waals surface area (Å²) in [5.41, 5.74) is 3.88. The van der Waals surface area contributed by atoms with Crippen molar-refractivity contribution >= 4 is 23.4 Å². The molecule has 8 heteroatoms. The molecule has 2 amide bonds. The molecule has 1 fully saturated rings. The van der Waals surface area contributed by atoms with Gasteiger partial charge in [0.25, 0.3) is 0 Å². The first-order chi connectivity index (χ1) is 15.5. The molecule has 0 unspecified atom stereocenters. The Kier molecular flexibility index (Phi) is 6.62. The Morgan fingerprint density at radius 3 is 2.66 bits per heavy atom. The van der Waals surface area contributed by atoms with Gasteiger partial charge in [-0.1, -0.05) is 29.8 Å². The number of benzene rings is 2. The Balaban J connectivity index is 1.27. The van der Waals surface area contributed by atoms with Crippen molar-refractivity contribution < 1.29 is 4.79 Å². The van der Waals surface area contributed by atoms with E-state index in [0.717, 1.165) is 41.4 Å². The van der Waals surface area contributed by atoms with E-state index in [0.29, 0.717) is 36.6 Å². The Morgan fingerprint density at radius 2 is 1.94 bits per heavy atom. The van der Waals surface area contributed by atoms with Crippen LogP contribution in [0.3, 0.4) is 0 Å². The van der Waals surface area contributed by atoms with E-state index < -0.39 is 0 Å². The number of carbonyl (C=O) groups is 1. The molecule has 1 aliphatic rings. The van der Waals surface area contributed by atoms with Gasteiger partial charge in [-0.15, -0.1) is 0 Å². The van der Waals surface area contributed by atoms with Crippen LogP contribution in [0.5, 0.6) is 0 Å². The summed E-state index contributed by atoms with van der Waals surface area (Å²) < 4.78 is 0. The van der Waals surface area contributed by atoms with E-state index >= 15 is 0 Å². The van der Waals surface area contributed by atoms with Crippen LogP contribution < -0.4 is 10.2 Å². The second-order valence-corrected chi connectivity index (χ2v) is 8.34. The number of imidazole rings is 1. The molecule has 0 aliphatic carbocycles. The van der Waals surface area contributed by atoms with Crippen LogP contribution in [-0.4, -0.2) is 47.1 Å². The summed E-state index contributed by atoms with van der Waals surface area (Å²) in [4.78, 5) is 24.5. The van der Waals surface area contributed by atoms with Crippen LogP contribution in [0.2, 0.25) is 5.02 Å². The molecule has 2 heterocycles. The van der Waals surface area contributed by atoms with Crippen LogP contribution in [0, 0.1) is 18.3 Å². The molecule has 1 aromatic heterocycles. The molecule has 1 saturated heterocycles. The van der Waals surface area contributed by atoms with E-state index in [1.165, 1.54) is 0 Å². The summed E-state index contributed by atoms with van der Waals surface area (Å²) in [6.45, 7) is 5.24. The highest BCUT2D eigenvalue weighted by Gasteiger charge is 2.22. The maximum Gasteiger partial charge on any atom is 0.317 e. The molecule has 2 N–H and O–H groups in total. The summed E-state index contributed by atoms with van der Waals surface area (Å²) in [6, 6.07) is 15.3. The lowest BCUT2D eigenvalue weighted by Crippen LogP contribution is -2.51. The SMILES string of the molecule is Cc1ccc(Cl)cc1CNC(=O)N1CCN(c2cnc(Cc3ccc(C#N)cc3)[nH]2)CC1. The first kappa shape index (κ1) is 21.7. The van der Waals surface area contributed by atoms with Crippen molar-refractivity contribution in [3.63, 3.8) is 0 Å². The predicted molar refractivity (Wildman–Crippen MR) is 125 cm³/mol. The number of urea groups is 1. The summed E-state index contributed by atoms with van der Waals surface area (Å²) in [7, 11) is 0. The zero-order valence-corrected chi connectivity index (χ0v) is 18.7. The lowest BCUT2D eigenvalue weighted by molar-refractivity contribution is 0.194. The maximum absolute atomic E-state index is 12.6. The number of nitrogens with zero attached hydrogens (tertiary/aromatic N) is 4. The molecule has 164 valence electrons. The van der Waals surface area contributed by atoms with Gasteiger partial charge in [0.2, 0.25) is 0 Å². The highest BCUT2D eigenvalue weighted by molar-refractivity contribution is 6.30. The number of H-pyrrole nitrogens is 1. The Morgan fingerprint density at radius 1 is 1.19 bits per heavy atom. The fraction of sp³-hybridized carbons (Fsp3) is 0.292. The van der Waals surface area contributed by atoms with Crippen LogP contribution >= 0.6 is 11.6 Å².